The Morgan fingerprint density at radius 1 is 1.37 bits per heavy atom. The normalized spacial score (nSPS) is 13.0. The molecular formula is C14H21BrClFN2. The first kappa shape index (κ1) is 16.9. The van der Waals surface area contributed by atoms with Crippen LogP contribution < -0.4 is 5.32 Å². The van der Waals surface area contributed by atoms with Gasteiger partial charge >= 0.3 is 0 Å². The van der Waals surface area contributed by atoms with Crippen molar-refractivity contribution in [2.75, 3.05) is 26.7 Å². The van der Waals surface area contributed by atoms with E-state index in [0.717, 1.165) is 26.1 Å². The second kappa shape index (κ2) is 8.20. The second-order valence-corrected chi connectivity index (χ2v) is 5.65. The van der Waals surface area contributed by atoms with Crippen LogP contribution in [0.3, 0.4) is 0 Å². The maximum atomic E-state index is 14.2. The van der Waals surface area contributed by atoms with Gasteiger partial charge in [0, 0.05) is 16.1 Å². The monoisotopic (exact) mass is 350 g/mol. The van der Waals surface area contributed by atoms with E-state index in [9.17, 15) is 4.39 Å². The zero-order valence-electron chi connectivity index (χ0n) is 11.6. The Bertz CT molecular complexity index is 411. The third-order valence-corrected chi connectivity index (χ3v) is 4.68. The predicted octanol–water partition coefficient (Wildman–Crippen LogP) is 4.23. The van der Waals surface area contributed by atoms with E-state index >= 15 is 0 Å². The Balaban J connectivity index is 2.83. The molecule has 2 nitrogen and oxygen atoms in total. The fourth-order valence-corrected chi connectivity index (χ4v) is 2.60. The standard InChI is InChI=1S/C14H21BrClFN2/c1-4-19(5-2)9-8-12(18-3)10-6-7-11(15)13(16)14(10)17/h6-7,12,18H,4-5,8-9H2,1-3H3. The molecule has 0 radical (unpaired) electrons. The molecular weight excluding hydrogens is 331 g/mol. The summed E-state index contributed by atoms with van der Waals surface area (Å²) < 4.78 is 14.8. The Hall–Kier alpha value is -0.160. The van der Waals surface area contributed by atoms with Crippen LogP contribution in [0.25, 0.3) is 0 Å². The number of nitrogens with one attached hydrogen (secondary N) is 1. The van der Waals surface area contributed by atoms with E-state index in [1.807, 2.05) is 7.05 Å². The largest absolute Gasteiger partial charge is 0.313 e. The summed E-state index contributed by atoms with van der Waals surface area (Å²) in [6, 6.07) is 3.56. The Kier molecular flexibility index (Phi) is 7.29. The predicted molar refractivity (Wildman–Crippen MR) is 83.3 cm³/mol. The van der Waals surface area contributed by atoms with Crippen LogP contribution in [0.5, 0.6) is 0 Å². The van der Waals surface area contributed by atoms with Gasteiger partial charge in [0.25, 0.3) is 0 Å². The molecule has 0 heterocycles. The Morgan fingerprint density at radius 3 is 2.53 bits per heavy atom. The Labute approximate surface area is 128 Å². The minimum Gasteiger partial charge on any atom is -0.313 e. The van der Waals surface area contributed by atoms with E-state index in [-0.39, 0.29) is 16.9 Å². The SMILES string of the molecule is CCN(CC)CCC(NC)c1ccc(Br)c(Cl)c1F. The van der Waals surface area contributed by atoms with Crippen molar-refractivity contribution in [1.29, 1.82) is 0 Å². The lowest BCUT2D eigenvalue weighted by atomic mass is 10.0. The molecule has 0 saturated heterocycles. The minimum absolute atomic E-state index is 0.0220. The van der Waals surface area contributed by atoms with Gasteiger partial charge in [0.1, 0.15) is 5.82 Å². The zero-order valence-corrected chi connectivity index (χ0v) is 14.0. The molecule has 5 heteroatoms. The highest BCUT2D eigenvalue weighted by atomic mass is 79.9. The summed E-state index contributed by atoms with van der Waals surface area (Å²) in [5.41, 5.74) is 0.628. The van der Waals surface area contributed by atoms with Crippen LogP contribution in [0, 0.1) is 5.82 Å². The first-order chi connectivity index (χ1) is 9.04. The number of hydrogen-bond acceptors (Lipinski definition) is 2. The van der Waals surface area contributed by atoms with Crippen LogP contribution in [0.4, 0.5) is 4.39 Å². The fraction of sp³-hybridized carbons (Fsp3) is 0.571. The van der Waals surface area contributed by atoms with Crippen molar-refractivity contribution in [2.24, 2.45) is 0 Å². The van der Waals surface area contributed by atoms with E-state index in [2.05, 4.69) is 40.0 Å². The summed E-state index contributed by atoms with van der Waals surface area (Å²) in [6.07, 6.45) is 0.854. The average molecular weight is 352 g/mol. The van der Waals surface area contributed by atoms with Crippen molar-refractivity contribution in [3.8, 4) is 0 Å². The van der Waals surface area contributed by atoms with Crippen LogP contribution in [-0.4, -0.2) is 31.6 Å². The van der Waals surface area contributed by atoms with Gasteiger partial charge in [-0.1, -0.05) is 31.5 Å². The van der Waals surface area contributed by atoms with Gasteiger partial charge in [0.15, 0.2) is 0 Å². The highest BCUT2D eigenvalue weighted by Crippen LogP contribution is 2.31. The van der Waals surface area contributed by atoms with E-state index in [0.29, 0.717) is 10.0 Å². The van der Waals surface area contributed by atoms with E-state index < -0.39 is 0 Å². The molecule has 0 bridgehead atoms. The van der Waals surface area contributed by atoms with Gasteiger partial charge < -0.3 is 10.2 Å². The molecule has 1 rings (SSSR count). The maximum Gasteiger partial charge on any atom is 0.147 e. The Morgan fingerprint density at radius 2 is 2.00 bits per heavy atom. The molecule has 1 aromatic rings. The zero-order chi connectivity index (χ0) is 14.4. The molecule has 1 atom stereocenters. The highest BCUT2D eigenvalue weighted by molar-refractivity contribution is 9.10. The van der Waals surface area contributed by atoms with E-state index in [4.69, 9.17) is 11.6 Å². The quantitative estimate of drug-likeness (QED) is 0.739. The summed E-state index contributed by atoms with van der Waals surface area (Å²) in [6.45, 7) is 7.22. The van der Waals surface area contributed by atoms with Crippen molar-refractivity contribution in [1.82, 2.24) is 10.2 Å². The third-order valence-electron chi connectivity index (χ3n) is 3.42. The summed E-state index contributed by atoms with van der Waals surface area (Å²) in [5.74, 6) is -0.338. The van der Waals surface area contributed by atoms with E-state index in [1.54, 1.807) is 12.1 Å². The smallest absolute Gasteiger partial charge is 0.147 e. The lowest BCUT2D eigenvalue weighted by Crippen LogP contribution is -2.28. The van der Waals surface area contributed by atoms with Crippen molar-refractivity contribution < 1.29 is 4.39 Å². The number of nitrogens with zero attached hydrogens (tertiary/aromatic N) is 1. The van der Waals surface area contributed by atoms with Gasteiger partial charge in [-0.05, 0) is 55.1 Å². The maximum absolute atomic E-state index is 14.2. The summed E-state index contributed by atoms with van der Waals surface area (Å²) in [4.78, 5) is 2.32. The van der Waals surface area contributed by atoms with E-state index in [1.165, 1.54) is 0 Å². The van der Waals surface area contributed by atoms with Crippen molar-refractivity contribution in [2.45, 2.75) is 26.3 Å². The topological polar surface area (TPSA) is 15.3 Å². The van der Waals surface area contributed by atoms with Gasteiger partial charge in [-0.2, -0.15) is 0 Å². The molecule has 19 heavy (non-hydrogen) atoms. The summed E-state index contributed by atoms with van der Waals surface area (Å²) in [5, 5.41) is 3.32. The molecule has 1 N–H and O–H groups in total. The first-order valence-corrected chi connectivity index (χ1v) is 7.75. The van der Waals surface area contributed by atoms with Gasteiger partial charge in [-0.3, -0.25) is 0 Å². The highest BCUT2D eigenvalue weighted by Gasteiger charge is 2.18. The second-order valence-electron chi connectivity index (χ2n) is 4.42. The molecule has 0 saturated carbocycles. The molecule has 0 spiro atoms. The molecule has 108 valence electrons. The molecule has 0 aliphatic rings. The molecule has 0 amide bonds. The lowest BCUT2D eigenvalue weighted by Gasteiger charge is -2.23. The lowest BCUT2D eigenvalue weighted by molar-refractivity contribution is 0.283. The average Bonchev–Trinajstić information content (AvgIpc) is 2.43. The van der Waals surface area contributed by atoms with Crippen molar-refractivity contribution >= 4 is 27.5 Å². The third kappa shape index (κ3) is 4.42. The number of rotatable bonds is 7. The van der Waals surface area contributed by atoms with Gasteiger partial charge in [0.05, 0.1) is 5.02 Å². The van der Waals surface area contributed by atoms with Crippen molar-refractivity contribution in [3.63, 3.8) is 0 Å². The van der Waals surface area contributed by atoms with Gasteiger partial charge in [-0.15, -0.1) is 0 Å². The number of halogens is 3. The summed E-state index contributed by atoms with van der Waals surface area (Å²) in [7, 11) is 1.85. The summed E-state index contributed by atoms with van der Waals surface area (Å²) >= 11 is 9.18. The van der Waals surface area contributed by atoms with Crippen LogP contribution in [0.1, 0.15) is 31.9 Å². The number of benzene rings is 1. The molecule has 0 aliphatic carbocycles. The molecule has 0 aliphatic heterocycles. The van der Waals surface area contributed by atoms with Gasteiger partial charge in [-0.25, -0.2) is 4.39 Å². The van der Waals surface area contributed by atoms with Crippen LogP contribution in [0.2, 0.25) is 5.02 Å². The molecule has 0 fully saturated rings. The number of hydrogen-bond donors (Lipinski definition) is 1. The first-order valence-electron chi connectivity index (χ1n) is 6.58. The molecule has 0 aromatic heterocycles. The fourth-order valence-electron chi connectivity index (χ4n) is 2.12. The minimum atomic E-state index is -0.338. The van der Waals surface area contributed by atoms with Crippen LogP contribution in [0.15, 0.2) is 16.6 Å². The van der Waals surface area contributed by atoms with Crippen LogP contribution >= 0.6 is 27.5 Å². The molecule has 1 aromatic carbocycles. The van der Waals surface area contributed by atoms with Crippen molar-refractivity contribution in [3.05, 3.63) is 33.0 Å². The van der Waals surface area contributed by atoms with Crippen LogP contribution in [-0.2, 0) is 0 Å². The molecule has 1 unspecified atom stereocenters. The van der Waals surface area contributed by atoms with Gasteiger partial charge in [0.2, 0.25) is 0 Å².